The van der Waals surface area contributed by atoms with Crippen LogP contribution >= 0.6 is 11.8 Å². The van der Waals surface area contributed by atoms with Gasteiger partial charge in [0.2, 0.25) is 0 Å². The summed E-state index contributed by atoms with van der Waals surface area (Å²) in [5, 5.41) is 0. The Kier molecular flexibility index (Phi) is 5.40. The molecule has 1 aliphatic heterocycles. The van der Waals surface area contributed by atoms with E-state index >= 15 is 0 Å². The smallest absolute Gasteiger partial charge is 0.00992 e. The number of hydrogen-bond donors (Lipinski definition) is 0. The summed E-state index contributed by atoms with van der Waals surface area (Å²) < 4.78 is 0. The maximum absolute atomic E-state index is 2.69. The quantitative estimate of drug-likeness (QED) is 0.760. The molecule has 1 aromatic carbocycles. The minimum Gasteiger partial charge on any atom is -0.300 e. The van der Waals surface area contributed by atoms with Gasteiger partial charge in [0.1, 0.15) is 0 Å². The van der Waals surface area contributed by atoms with Gasteiger partial charge in [-0.25, -0.2) is 0 Å². The molecule has 0 bridgehead atoms. The van der Waals surface area contributed by atoms with Crippen molar-refractivity contribution in [1.82, 2.24) is 4.90 Å². The van der Waals surface area contributed by atoms with Crippen molar-refractivity contribution in [2.45, 2.75) is 31.7 Å². The minimum absolute atomic E-state index is 0.836. The van der Waals surface area contributed by atoms with E-state index in [0.29, 0.717) is 0 Å². The Hall–Kier alpha value is -0.470. The first-order valence-electron chi connectivity index (χ1n) is 6.67. The molecule has 1 unspecified atom stereocenters. The van der Waals surface area contributed by atoms with Crippen molar-refractivity contribution in [1.29, 1.82) is 0 Å². The third-order valence-corrected chi connectivity index (χ3v) is 4.28. The number of nitrogens with zero attached hydrogens (tertiary/aromatic N) is 1. The SMILES string of the molecule is CSCCN1CCCC1CCc1ccccc1. The van der Waals surface area contributed by atoms with E-state index in [1.54, 1.807) is 0 Å². The van der Waals surface area contributed by atoms with Gasteiger partial charge in [-0.3, -0.25) is 4.90 Å². The molecule has 1 heterocycles. The van der Waals surface area contributed by atoms with Gasteiger partial charge < -0.3 is 0 Å². The third-order valence-electron chi connectivity index (χ3n) is 3.69. The highest BCUT2D eigenvalue weighted by Crippen LogP contribution is 2.21. The average Bonchev–Trinajstić information content (AvgIpc) is 2.82. The number of thioether (sulfide) groups is 1. The highest BCUT2D eigenvalue weighted by atomic mass is 32.2. The van der Waals surface area contributed by atoms with Crippen LogP contribution in [0.5, 0.6) is 0 Å². The zero-order valence-corrected chi connectivity index (χ0v) is 11.6. The zero-order valence-electron chi connectivity index (χ0n) is 10.8. The fourth-order valence-electron chi connectivity index (χ4n) is 2.70. The maximum atomic E-state index is 2.69. The van der Waals surface area contributed by atoms with Crippen LogP contribution in [0, 0.1) is 0 Å². The Balaban J connectivity index is 1.78. The number of hydrogen-bond acceptors (Lipinski definition) is 2. The van der Waals surface area contributed by atoms with Crippen LogP contribution in [0.2, 0.25) is 0 Å². The molecule has 2 heteroatoms. The third kappa shape index (κ3) is 4.04. The Bertz CT molecular complexity index is 312. The van der Waals surface area contributed by atoms with Gasteiger partial charge in [-0.05, 0) is 44.0 Å². The number of rotatable bonds is 6. The Morgan fingerprint density at radius 3 is 2.88 bits per heavy atom. The lowest BCUT2D eigenvalue weighted by Crippen LogP contribution is -2.31. The number of aryl methyl sites for hydroxylation is 1. The van der Waals surface area contributed by atoms with E-state index in [2.05, 4.69) is 41.5 Å². The topological polar surface area (TPSA) is 3.24 Å². The molecule has 0 aromatic heterocycles. The van der Waals surface area contributed by atoms with Crippen LogP contribution in [0.3, 0.4) is 0 Å². The molecule has 0 saturated carbocycles. The van der Waals surface area contributed by atoms with Crippen LogP contribution in [-0.2, 0) is 6.42 Å². The van der Waals surface area contributed by atoms with E-state index in [9.17, 15) is 0 Å². The summed E-state index contributed by atoms with van der Waals surface area (Å²) in [7, 11) is 0. The van der Waals surface area contributed by atoms with Crippen molar-refractivity contribution in [2.24, 2.45) is 0 Å². The Morgan fingerprint density at radius 2 is 2.12 bits per heavy atom. The Labute approximate surface area is 110 Å². The summed E-state index contributed by atoms with van der Waals surface area (Å²) in [5.74, 6) is 1.28. The predicted octanol–water partition coefficient (Wildman–Crippen LogP) is 3.45. The van der Waals surface area contributed by atoms with Crippen LogP contribution in [0.4, 0.5) is 0 Å². The second kappa shape index (κ2) is 7.07. The van der Waals surface area contributed by atoms with Gasteiger partial charge in [0.25, 0.3) is 0 Å². The van der Waals surface area contributed by atoms with Crippen molar-refractivity contribution < 1.29 is 0 Å². The highest BCUT2D eigenvalue weighted by molar-refractivity contribution is 7.98. The molecule has 1 aromatic rings. The van der Waals surface area contributed by atoms with Gasteiger partial charge in [-0.1, -0.05) is 30.3 Å². The molecule has 0 N–H and O–H groups in total. The maximum Gasteiger partial charge on any atom is 0.00992 e. The molecule has 1 atom stereocenters. The fourth-order valence-corrected chi connectivity index (χ4v) is 3.12. The summed E-state index contributed by atoms with van der Waals surface area (Å²) >= 11 is 1.96. The lowest BCUT2D eigenvalue weighted by molar-refractivity contribution is 0.258. The summed E-state index contributed by atoms with van der Waals surface area (Å²) in [4.78, 5) is 2.69. The van der Waals surface area contributed by atoms with E-state index in [1.807, 2.05) is 11.8 Å². The van der Waals surface area contributed by atoms with Crippen molar-refractivity contribution >= 4 is 11.8 Å². The molecule has 1 nitrogen and oxygen atoms in total. The lowest BCUT2D eigenvalue weighted by Gasteiger charge is -2.24. The molecule has 17 heavy (non-hydrogen) atoms. The van der Waals surface area contributed by atoms with Crippen LogP contribution in [0.1, 0.15) is 24.8 Å². The van der Waals surface area contributed by atoms with Gasteiger partial charge in [0, 0.05) is 18.3 Å². The molecular formula is C15H23NS. The second-order valence-electron chi connectivity index (χ2n) is 4.85. The van der Waals surface area contributed by atoms with Crippen molar-refractivity contribution in [2.75, 3.05) is 25.1 Å². The lowest BCUT2D eigenvalue weighted by atomic mass is 10.0. The van der Waals surface area contributed by atoms with Crippen molar-refractivity contribution in [3.05, 3.63) is 35.9 Å². The van der Waals surface area contributed by atoms with Gasteiger partial charge in [-0.2, -0.15) is 11.8 Å². The van der Waals surface area contributed by atoms with Crippen LogP contribution in [0.15, 0.2) is 30.3 Å². The van der Waals surface area contributed by atoms with Crippen LogP contribution in [-0.4, -0.2) is 36.0 Å². The summed E-state index contributed by atoms with van der Waals surface area (Å²) in [6, 6.07) is 11.7. The summed E-state index contributed by atoms with van der Waals surface area (Å²) in [6.07, 6.45) is 7.57. The highest BCUT2D eigenvalue weighted by Gasteiger charge is 2.23. The molecule has 1 saturated heterocycles. The molecule has 0 aliphatic carbocycles. The van der Waals surface area contributed by atoms with Crippen LogP contribution < -0.4 is 0 Å². The van der Waals surface area contributed by atoms with Gasteiger partial charge in [-0.15, -0.1) is 0 Å². The molecule has 0 radical (unpaired) electrons. The van der Waals surface area contributed by atoms with E-state index in [-0.39, 0.29) is 0 Å². The summed E-state index contributed by atoms with van der Waals surface area (Å²) in [5.41, 5.74) is 1.49. The van der Waals surface area contributed by atoms with Gasteiger partial charge >= 0.3 is 0 Å². The molecular weight excluding hydrogens is 226 g/mol. The van der Waals surface area contributed by atoms with Crippen molar-refractivity contribution in [3.8, 4) is 0 Å². The largest absolute Gasteiger partial charge is 0.300 e. The van der Waals surface area contributed by atoms with Gasteiger partial charge in [0.05, 0.1) is 0 Å². The molecule has 1 aliphatic rings. The molecule has 0 spiro atoms. The second-order valence-corrected chi connectivity index (χ2v) is 5.83. The number of benzene rings is 1. The standard InChI is InChI=1S/C15H23NS/c1-17-13-12-16-11-5-8-15(16)10-9-14-6-3-2-4-7-14/h2-4,6-7,15H,5,8-13H2,1H3. The first kappa shape index (κ1) is 13.0. The molecule has 1 fully saturated rings. The molecule has 0 amide bonds. The van der Waals surface area contributed by atoms with E-state index in [1.165, 1.54) is 50.1 Å². The number of likely N-dealkylation sites (tertiary alicyclic amines) is 1. The zero-order chi connectivity index (χ0) is 11.9. The predicted molar refractivity (Wildman–Crippen MR) is 77.7 cm³/mol. The minimum atomic E-state index is 0.836. The molecule has 94 valence electrons. The Morgan fingerprint density at radius 1 is 1.29 bits per heavy atom. The average molecular weight is 249 g/mol. The van der Waals surface area contributed by atoms with Crippen molar-refractivity contribution in [3.63, 3.8) is 0 Å². The van der Waals surface area contributed by atoms with E-state index in [4.69, 9.17) is 0 Å². The first-order valence-corrected chi connectivity index (χ1v) is 8.06. The van der Waals surface area contributed by atoms with E-state index < -0.39 is 0 Å². The fraction of sp³-hybridized carbons (Fsp3) is 0.600. The van der Waals surface area contributed by atoms with E-state index in [0.717, 1.165) is 6.04 Å². The summed E-state index contributed by atoms with van der Waals surface area (Å²) in [6.45, 7) is 2.60. The first-order chi connectivity index (χ1) is 8.40. The van der Waals surface area contributed by atoms with Gasteiger partial charge in [0.15, 0.2) is 0 Å². The molecule has 2 rings (SSSR count). The monoisotopic (exact) mass is 249 g/mol. The van der Waals surface area contributed by atoms with Crippen LogP contribution in [0.25, 0.3) is 0 Å². The normalized spacial score (nSPS) is 20.9.